The molecule has 0 aliphatic carbocycles. The zero-order valence-corrected chi connectivity index (χ0v) is 31.5. The summed E-state index contributed by atoms with van der Waals surface area (Å²) in [6, 6.07) is 19.8. The molecule has 0 amide bonds. The maximum Gasteiger partial charge on any atom is 0.404 e. The Bertz CT molecular complexity index is 1510. The molecule has 0 aliphatic heterocycles. The van der Waals surface area contributed by atoms with Crippen LogP contribution < -0.4 is 31.6 Å². The molecule has 15 heteroatoms. The first-order valence-corrected chi connectivity index (χ1v) is 16.7. The first-order chi connectivity index (χ1) is 19.4. The second kappa shape index (κ2) is 12.8. The predicted octanol–water partition coefficient (Wildman–Crippen LogP) is 7.59. The van der Waals surface area contributed by atoms with Crippen molar-refractivity contribution in [3.8, 4) is 17.2 Å². The Kier molecular flexibility index (Phi) is 10.1. The summed E-state index contributed by atoms with van der Waals surface area (Å²) in [5.41, 5.74) is -0.976. The second-order valence-electron chi connectivity index (χ2n) is 9.24. The highest BCUT2D eigenvalue weighted by Gasteiger charge is 2.24. The van der Waals surface area contributed by atoms with Crippen LogP contribution in [0.15, 0.2) is 87.2 Å². The van der Waals surface area contributed by atoms with E-state index in [0.29, 0.717) is 14.2 Å². The first-order valence-electron chi connectivity index (χ1n) is 12.0. The Morgan fingerprint density at radius 3 is 0.786 bits per heavy atom. The van der Waals surface area contributed by atoms with E-state index in [0.717, 1.165) is 16.7 Å². The number of hydrogen-bond donors (Lipinski definition) is 0. The fourth-order valence-electron chi connectivity index (χ4n) is 3.47. The van der Waals surface area contributed by atoms with E-state index in [1.165, 1.54) is 0 Å². The summed E-state index contributed by atoms with van der Waals surface area (Å²) in [6.07, 6.45) is 0. The number of benzene rings is 3. The summed E-state index contributed by atoms with van der Waals surface area (Å²) in [4.78, 5) is 57.1. The highest BCUT2D eigenvalue weighted by Crippen LogP contribution is 2.39. The van der Waals surface area contributed by atoms with E-state index >= 15 is 0 Å². The first kappa shape index (κ1) is 33.2. The smallest absolute Gasteiger partial charge is 0.366 e. The zero-order chi connectivity index (χ0) is 31.0. The van der Waals surface area contributed by atoms with Crippen molar-refractivity contribution < 1.29 is 14.5 Å². The van der Waals surface area contributed by atoms with Crippen LogP contribution in [0.3, 0.4) is 0 Å². The third-order valence-electron chi connectivity index (χ3n) is 5.72. The van der Waals surface area contributed by atoms with Gasteiger partial charge >= 0.3 is 17.1 Å². The van der Waals surface area contributed by atoms with Crippen LogP contribution in [0.4, 0.5) is 0 Å². The summed E-state index contributed by atoms with van der Waals surface area (Å²) >= 11 is 21.0. The van der Waals surface area contributed by atoms with Crippen LogP contribution >= 0.6 is 95.6 Å². The van der Waals surface area contributed by atoms with Gasteiger partial charge in [-0.05, 0) is 73.9 Å². The molecule has 3 aromatic carbocycles. The van der Waals surface area contributed by atoms with Crippen LogP contribution in [-0.4, -0.2) is 14.2 Å². The van der Waals surface area contributed by atoms with Crippen LogP contribution in [0.2, 0.25) is 0 Å². The number of nitrogens with zero attached hydrogens (tertiary/aromatic N) is 3. The molecule has 4 aromatic rings. The summed E-state index contributed by atoms with van der Waals surface area (Å²) < 4.78 is -0.354. The Morgan fingerprint density at radius 2 is 0.619 bits per heavy atom. The number of alkyl halides is 6. The molecular weight excluding hydrogens is 942 g/mol. The normalized spacial score (nSPS) is 12.2. The van der Waals surface area contributed by atoms with Crippen LogP contribution in [0.5, 0.6) is 17.2 Å². The molecule has 0 unspecified atom stereocenters. The van der Waals surface area contributed by atoms with Gasteiger partial charge in [0, 0.05) is 0 Å². The Balaban J connectivity index is 1.80. The van der Waals surface area contributed by atoms with Gasteiger partial charge in [-0.1, -0.05) is 146 Å². The minimum Gasteiger partial charge on any atom is -0.366 e. The Labute approximate surface area is 290 Å². The average molecular weight is 963 g/mol. The van der Waals surface area contributed by atoms with Crippen molar-refractivity contribution in [2.75, 3.05) is 0 Å². The van der Waals surface area contributed by atoms with E-state index in [1.807, 2.05) is 20.8 Å². The topological polar surface area (TPSA) is 93.7 Å². The van der Waals surface area contributed by atoms with E-state index in [2.05, 4.69) is 95.6 Å². The van der Waals surface area contributed by atoms with Crippen LogP contribution in [0.1, 0.15) is 37.5 Å². The van der Waals surface area contributed by atoms with Gasteiger partial charge in [0.15, 0.2) is 17.2 Å². The lowest BCUT2D eigenvalue weighted by atomic mass is 10.2. The maximum atomic E-state index is 13.4. The van der Waals surface area contributed by atoms with Gasteiger partial charge in [-0.3, -0.25) is 0 Å². The van der Waals surface area contributed by atoms with Crippen LogP contribution in [0.25, 0.3) is 0 Å². The maximum absolute atomic E-state index is 13.4. The molecule has 0 spiro atoms. The number of halogens is 6. The lowest BCUT2D eigenvalue weighted by Crippen LogP contribution is -2.58. The van der Waals surface area contributed by atoms with Crippen molar-refractivity contribution in [2.45, 2.75) is 30.5 Å². The fourth-order valence-corrected chi connectivity index (χ4v) is 5.05. The largest absolute Gasteiger partial charge is 0.404 e. The van der Waals surface area contributed by atoms with Gasteiger partial charge in [-0.15, -0.1) is 0 Å². The molecule has 42 heavy (non-hydrogen) atoms. The van der Waals surface area contributed by atoms with E-state index in [-0.39, 0.29) is 17.2 Å². The molecule has 0 atom stereocenters. The Morgan fingerprint density at radius 1 is 0.429 bits per heavy atom. The number of rotatable bonds is 9. The van der Waals surface area contributed by atoms with Crippen molar-refractivity contribution in [1.82, 2.24) is 14.2 Å². The molecule has 1 heterocycles. The lowest BCUT2D eigenvalue weighted by Gasteiger charge is -2.17. The third kappa shape index (κ3) is 7.89. The number of aromatic nitrogens is 3. The second-order valence-corrected chi connectivity index (χ2v) is 22.0. The van der Waals surface area contributed by atoms with Crippen LogP contribution in [0, 0.1) is 0 Å². The van der Waals surface area contributed by atoms with Gasteiger partial charge in [-0.2, -0.15) is 0 Å². The Hall–Kier alpha value is -1.65. The lowest BCUT2D eigenvalue weighted by molar-refractivity contribution is 0.0655. The molecule has 1 aromatic heterocycles. The van der Waals surface area contributed by atoms with Gasteiger partial charge in [0.25, 0.3) is 0 Å². The van der Waals surface area contributed by atoms with Gasteiger partial charge in [0.2, 0.25) is 0 Å². The van der Waals surface area contributed by atoms with Crippen molar-refractivity contribution in [1.29, 1.82) is 0 Å². The molecule has 0 N–H and O–H groups in total. The van der Waals surface area contributed by atoms with Crippen LogP contribution in [-0.2, 0) is 9.70 Å². The molecule has 0 radical (unpaired) electrons. The molecule has 4 rings (SSSR count). The van der Waals surface area contributed by atoms with Crippen molar-refractivity contribution in [3.05, 3.63) is 121 Å². The fraction of sp³-hybridized carbons (Fsp3) is 0.222. The molecule has 0 aliphatic rings. The van der Waals surface area contributed by atoms with E-state index in [9.17, 15) is 14.4 Å². The zero-order valence-electron chi connectivity index (χ0n) is 22.0. The molecule has 0 saturated heterocycles. The van der Waals surface area contributed by atoms with Crippen molar-refractivity contribution >= 4 is 95.6 Å². The summed E-state index contributed by atoms with van der Waals surface area (Å²) in [6.45, 7) is 5.67. The minimum absolute atomic E-state index is 0.149. The summed E-state index contributed by atoms with van der Waals surface area (Å²) in [5.74, 6) is 0.446. The summed E-state index contributed by atoms with van der Waals surface area (Å²) in [7, 11) is 0. The molecule has 0 fully saturated rings. The van der Waals surface area contributed by atoms with E-state index in [4.69, 9.17) is 14.5 Å². The van der Waals surface area contributed by atoms with E-state index < -0.39 is 26.8 Å². The molecule has 9 nitrogen and oxygen atoms in total. The molecular formula is C27H21Br6N3O6. The van der Waals surface area contributed by atoms with Gasteiger partial charge in [0.1, 0.15) is 9.70 Å². The van der Waals surface area contributed by atoms with Gasteiger partial charge < -0.3 is 14.5 Å². The van der Waals surface area contributed by atoms with Crippen molar-refractivity contribution in [2.24, 2.45) is 0 Å². The standard InChI is InChI=1S/C27H21Br6N3O6/c1-25(28,29)16-4-10-19(11-5-16)40-34-22(37)35(41-20-12-6-17(7-13-20)26(2,30)31)24(39)36(23(34)38)42-21-14-8-18(9-15-21)27(3,32)33/h4-15H,1-3H3. The highest BCUT2D eigenvalue weighted by molar-refractivity contribution is 9.25. The average Bonchev–Trinajstić information content (AvgIpc) is 2.91. The molecule has 0 bridgehead atoms. The van der Waals surface area contributed by atoms with Gasteiger partial charge in [0.05, 0.1) is 0 Å². The summed E-state index contributed by atoms with van der Waals surface area (Å²) in [5, 5.41) is 0. The third-order valence-corrected chi connectivity index (χ3v) is 8.46. The quantitative estimate of drug-likeness (QED) is 0.161. The molecule has 0 saturated carbocycles. The van der Waals surface area contributed by atoms with Crippen molar-refractivity contribution in [3.63, 3.8) is 0 Å². The molecule has 222 valence electrons. The number of hydrogen-bond acceptors (Lipinski definition) is 6. The predicted molar refractivity (Wildman–Crippen MR) is 182 cm³/mol. The highest BCUT2D eigenvalue weighted by atomic mass is 79.9. The van der Waals surface area contributed by atoms with E-state index in [1.54, 1.807) is 72.8 Å². The monoisotopic (exact) mass is 957 g/mol. The SMILES string of the molecule is CC(Br)(Br)c1ccc(On2c(=O)n(Oc3ccc(C(C)(Br)Br)cc3)c(=O)n(Oc3ccc(C(C)(Br)Br)cc3)c2=O)cc1. The van der Waals surface area contributed by atoms with Gasteiger partial charge in [-0.25, -0.2) is 14.4 Å². The minimum atomic E-state index is -1.18.